The number of carbonyl (C=O) groups is 1. The molecule has 2 atom stereocenters. The summed E-state index contributed by atoms with van der Waals surface area (Å²) in [6, 6.07) is 0.819. The van der Waals surface area contributed by atoms with Crippen molar-refractivity contribution in [2.24, 2.45) is 5.92 Å². The Balaban J connectivity index is 2.51. The van der Waals surface area contributed by atoms with Crippen LogP contribution in [0.15, 0.2) is 0 Å². The van der Waals surface area contributed by atoms with E-state index in [1.165, 1.54) is 0 Å². The first kappa shape index (κ1) is 11.5. The van der Waals surface area contributed by atoms with Crippen molar-refractivity contribution in [1.29, 1.82) is 0 Å². The SMILES string of the molecule is CC(C)N(C)C1CNCC(C(=O)O)C1. The number of nitrogens with zero attached hydrogens (tertiary/aromatic N) is 1. The van der Waals surface area contributed by atoms with Crippen molar-refractivity contribution >= 4 is 5.97 Å². The maximum atomic E-state index is 10.8. The van der Waals surface area contributed by atoms with Gasteiger partial charge in [0.2, 0.25) is 0 Å². The number of hydrogen-bond acceptors (Lipinski definition) is 3. The molecule has 0 aromatic rings. The van der Waals surface area contributed by atoms with Gasteiger partial charge in [0, 0.05) is 25.2 Å². The maximum absolute atomic E-state index is 10.8. The average Bonchev–Trinajstić information content (AvgIpc) is 2.16. The van der Waals surface area contributed by atoms with Gasteiger partial charge in [0.15, 0.2) is 0 Å². The van der Waals surface area contributed by atoms with Gasteiger partial charge in [0.1, 0.15) is 0 Å². The molecule has 4 heteroatoms. The normalized spacial score (nSPS) is 28.4. The van der Waals surface area contributed by atoms with Crippen LogP contribution in [-0.4, -0.2) is 48.2 Å². The summed E-state index contributed by atoms with van der Waals surface area (Å²) in [5.74, 6) is -0.908. The molecule has 0 radical (unpaired) electrons. The number of nitrogens with one attached hydrogen (secondary N) is 1. The van der Waals surface area contributed by atoms with Crippen molar-refractivity contribution in [3.05, 3.63) is 0 Å². The van der Waals surface area contributed by atoms with E-state index in [2.05, 4.69) is 31.1 Å². The minimum Gasteiger partial charge on any atom is -0.481 e. The maximum Gasteiger partial charge on any atom is 0.307 e. The smallest absolute Gasteiger partial charge is 0.307 e. The summed E-state index contributed by atoms with van der Waals surface area (Å²) in [4.78, 5) is 13.1. The summed E-state index contributed by atoms with van der Waals surface area (Å²) >= 11 is 0. The van der Waals surface area contributed by atoms with Crippen LogP contribution < -0.4 is 5.32 Å². The molecule has 0 saturated carbocycles. The summed E-state index contributed by atoms with van der Waals surface area (Å²) in [7, 11) is 2.06. The van der Waals surface area contributed by atoms with E-state index in [1.807, 2.05) is 0 Å². The number of likely N-dealkylation sites (N-methyl/N-ethyl adjacent to an activating group) is 1. The second-order valence-corrected chi connectivity index (χ2v) is 4.34. The molecular formula is C10H20N2O2. The Kier molecular flexibility index (Phi) is 3.89. The molecule has 0 aromatic carbocycles. The van der Waals surface area contributed by atoms with Gasteiger partial charge in [0.05, 0.1) is 5.92 Å². The number of carboxylic acid groups (broad SMARTS) is 1. The molecular weight excluding hydrogens is 180 g/mol. The Morgan fingerprint density at radius 2 is 2.14 bits per heavy atom. The van der Waals surface area contributed by atoms with Crippen LogP contribution in [0.25, 0.3) is 0 Å². The summed E-state index contributed by atoms with van der Waals surface area (Å²) in [5.41, 5.74) is 0. The summed E-state index contributed by atoms with van der Waals surface area (Å²) in [6.07, 6.45) is 0.761. The Morgan fingerprint density at radius 3 is 2.64 bits per heavy atom. The van der Waals surface area contributed by atoms with Gasteiger partial charge in [-0.05, 0) is 27.3 Å². The molecule has 82 valence electrons. The first-order valence-electron chi connectivity index (χ1n) is 5.17. The molecule has 0 aromatic heterocycles. The van der Waals surface area contributed by atoms with Crippen molar-refractivity contribution in [3.8, 4) is 0 Å². The van der Waals surface area contributed by atoms with Gasteiger partial charge >= 0.3 is 5.97 Å². The summed E-state index contributed by atoms with van der Waals surface area (Å²) in [5, 5.41) is 12.1. The lowest BCUT2D eigenvalue weighted by atomic mass is 9.94. The zero-order valence-corrected chi connectivity index (χ0v) is 9.16. The molecule has 1 aliphatic heterocycles. The second-order valence-electron chi connectivity index (χ2n) is 4.34. The lowest BCUT2D eigenvalue weighted by molar-refractivity contribution is -0.143. The van der Waals surface area contributed by atoms with E-state index in [1.54, 1.807) is 0 Å². The second kappa shape index (κ2) is 4.75. The van der Waals surface area contributed by atoms with Crippen molar-refractivity contribution in [2.75, 3.05) is 20.1 Å². The number of aliphatic carboxylic acids is 1. The van der Waals surface area contributed by atoms with Crippen LogP contribution in [0.5, 0.6) is 0 Å². The molecule has 0 spiro atoms. The molecule has 2 N–H and O–H groups in total. The highest BCUT2D eigenvalue weighted by Gasteiger charge is 2.29. The minimum absolute atomic E-state index is 0.227. The first-order valence-corrected chi connectivity index (χ1v) is 5.17. The average molecular weight is 200 g/mol. The molecule has 1 saturated heterocycles. The Hall–Kier alpha value is -0.610. The van der Waals surface area contributed by atoms with E-state index in [4.69, 9.17) is 5.11 Å². The van der Waals surface area contributed by atoms with E-state index in [0.717, 1.165) is 13.0 Å². The monoisotopic (exact) mass is 200 g/mol. The van der Waals surface area contributed by atoms with Gasteiger partial charge < -0.3 is 10.4 Å². The van der Waals surface area contributed by atoms with Gasteiger partial charge in [-0.1, -0.05) is 0 Å². The van der Waals surface area contributed by atoms with Crippen LogP contribution in [0.2, 0.25) is 0 Å². The predicted octanol–water partition coefficient (Wildman–Crippen LogP) is 0.389. The van der Waals surface area contributed by atoms with Gasteiger partial charge in [-0.3, -0.25) is 9.69 Å². The van der Waals surface area contributed by atoms with Crippen LogP contribution >= 0.6 is 0 Å². The standard InChI is InChI=1S/C10H20N2O2/c1-7(2)12(3)9-4-8(10(13)14)5-11-6-9/h7-9,11H,4-6H2,1-3H3,(H,13,14). The number of rotatable bonds is 3. The van der Waals surface area contributed by atoms with Gasteiger partial charge in [-0.25, -0.2) is 0 Å². The fourth-order valence-electron chi connectivity index (χ4n) is 1.84. The lowest BCUT2D eigenvalue weighted by Gasteiger charge is -2.36. The fraction of sp³-hybridized carbons (Fsp3) is 0.900. The molecule has 0 bridgehead atoms. The van der Waals surface area contributed by atoms with E-state index < -0.39 is 5.97 Å². The van der Waals surface area contributed by atoms with Crippen molar-refractivity contribution < 1.29 is 9.90 Å². The highest BCUT2D eigenvalue weighted by Crippen LogP contribution is 2.16. The highest BCUT2D eigenvalue weighted by atomic mass is 16.4. The van der Waals surface area contributed by atoms with Gasteiger partial charge in [0.25, 0.3) is 0 Å². The van der Waals surface area contributed by atoms with Crippen molar-refractivity contribution in [2.45, 2.75) is 32.4 Å². The lowest BCUT2D eigenvalue weighted by Crippen LogP contribution is -2.51. The number of carboxylic acids is 1. The third kappa shape index (κ3) is 2.69. The fourth-order valence-corrected chi connectivity index (χ4v) is 1.84. The molecule has 0 aliphatic carbocycles. The molecule has 1 aliphatic rings. The van der Waals surface area contributed by atoms with Crippen LogP contribution in [-0.2, 0) is 4.79 Å². The molecule has 4 nitrogen and oxygen atoms in total. The predicted molar refractivity (Wildman–Crippen MR) is 55.3 cm³/mol. The third-order valence-electron chi connectivity index (χ3n) is 3.07. The summed E-state index contributed by atoms with van der Waals surface area (Å²) in [6.45, 7) is 5.77. The van der Waals surface area contributed by atoms with E-state index in [-0.39, 0.29) is 5.92 Å². The topological polar surface area (TPSA) is 52.6 Å². The highest BCUT2D eigenvalue weighted by molar-refractivity contribution is 5.70. The summed E-state index contributed by atoms with van der Waals surface area (Å²) < 4.78 is 0. The number of piperidine rings is 1. The third-order valence-corrected chi connectivity index (χ3v) is 3.07. The molecule has 2 unspecified atom stereocenters. The van der Waals surface area contributed by atoms with E-state index in [9.17, 15) is 4.79 Å². The first-order chi connectivity index (χ1) is 6.52. The van der Waals surface area contributed by atoms with Crippen molar-refractivity contribution in [3.63, 3.8) is 0 Å². The largest absolute Gasteiger partial charge is 0.481 e. The van der Waals surface area contributed by atoms with Crippen LogP contribution in [0, 0.1) is 5.92 Å². The Labute approximate surface area is 85.3 Å². The minimum atomic E-state index is -0.681. The van der Waals surface area contributed by atoms with Gasteiger partial charge in [-0.2, -0.15) is 0 Å². The number of hydrogen-bond donors (Lipinski definition) is 2. The Morgan fingerprint density at radius 1 is 1.50 bits per heavy atom. The zero-order valence-electron chi connectivity index (χ0n) is 9.16. The molecule has 1 fully saturated rings. The van der Waals surface area contributed by atoms with E-state index in [0.29, 0.717) is 18.6 Å². The van der Waals surface area contributed by atoms with Crippen LogP contribution in [0.1, 0.15) is 20.3 Å². The molecule has 1 heterocycles. The van der Waals surface area contributed by atoms with Gasteiger partial charge in [-0.15, -0.1) is 0 Å². The van der Waals surface area contributed by atoms with E-state index >= 15 is 0 Å². The molecule has 14 heavy (non-hydrogen) atoms. The Bertz CT molecular complexity index is 206. The molecule has 1 rings (SSSR count). The quantitative estimate of drug-likeness (QED) is 0.692. The molecule has 0 amide bonds. The zero-order chi connectivity index (χ0) is 10.7. The van der Waals surface area contributed by atoms with Crippen LogP contribution in [0.4, 0.5) is 0 Å². The van der Waals surface area contributed by atoms with Crippen LogP contribution in [0.3, 0.4) is 0 Å². The van der Waals surface area contributed by atoms with Crippen molar-refractivity contribution in [1.82, 2.24) is 10.2 Å².